The van der Waals surface area contributed by atoms with Crippen molar-refractivity contribution in [1.82, 2.24) is 9.80 Å². The largest absolute Gasteiger partial charge is 0.416 e. The van der Waals surface area contributed by atoms with Crippen molar-refractivity contribution in [2.24, 2.45) is 5.92 Å². The minimum absolute atomic E-state index is 0.129. The van der Waals surface area contributed by atoms with E-state index in [1.807, 2.05) is 30.3 Å². The number of hydrogen-bond donors (Lipinski definition) is 0. The first-order chi connectivity index (χ1) is 12.8. The van der Waals surface area contributed by atoms with E-state index in [9.17, 15) is 22.8 Å². The van der Waals surface area contributed by atoms with Crippen molar-refractivity contribution >= 4 is 11.9 Å². The Hall–Kier alpha value is -2.83. The molecule has 1 atom stereocenters. The number of imide groups is 1. The van der Waals surface area contributed by atoms with E-state index in [-0.39, 0.29) is 18.4 Å². The molecule has 27 heavy (non-hydrogen) atoms. The first-order valence-corrected chi connectivity index (χ1v) is 8.52. The number of carbonyl (C=O) groups is 2. The van der Waals surface area contributed by atoms with Gasteiger partial charge in [0, 0.05) is 20.1 Å². The van der Waals surface area contributed by atoms with Crippen molar-refractivity contribution in [2.75, 3.05) is 13.6 Å². The fraction of sp³-hybridized carbons (Fsp3) is 0.300. The van der Waals surface area contributed by atoms with Crippen LogP contribution in [0.15, 0.2) is 54.6 Å². The number of nitrogens with zero attached hydrogens (tertiary/aromatic N) is 2. The minimum atomic E-state index is -4.39. The smallest absolute Gasteiger partial charge is 0.323 e. The van der Waals surface area contributed by atoms with E-state index in [2.05, 4.69) is 0 Å². The number of alkyl halides is 3. The molecule has 3 rings (SSSR count). The zero-order chi connectivity index (χ0) is 19.6. The molecule has 0 aromatic heterocycles. The third-order valence-electron chi connectivity index (χ3n) is 4.60. The molecular formula is C20H19F3N2O2. The lowest BCUT2D eigenvalue weighted by Crippen LogP contribution is -2.58. The first kappa shape index (κ1) is 18.9. The van der Waals surface area contributed by atoms with Gasteiger partial charge in [0.2, 0.25) is 5.91 Å². The van der Waals surface area contributed by atoms with Gasteiger partial charge in [0.1, 0.15) is 0 Å². The SMILES string of the molecule is CN(Cc1ccc(C(F)(F)F)cc1)C(=O)N1C[C@H](Cc2ccccc2)C1=O. The van der Waals surface area contributed by atoms with E-state index in [0.29, 0.717) is 18.5 Å². The van der Waals surface area contributed by atoms with Crippen LogP contribution in [0.1, 0.15) is 16.7 Å². The Morgan fingerprint density at radius 1 is 1.07 bits per heavy atom. The summed E-state index contributed by atoms with van der Waals surface area (Å²) in [6.07, 6.45) is -3.80. The molecule has 7 heteroatoms. The fourth-order valence-corrected chi connectivity index (χ4v) is 3.07. The Labute approximate surface area is 155 Å². The summed E-state index contributed by atoms with van der Waals surface area (Å²) in [4.78, 5) is 27.2. The van der Waals surface area contributed by atoms with Gasteiger partial charge in [-0.15, -0.1) is 0 Å². The average Bonchev–Trinajstić information content (AvgIpc) is 2.64. The Bertz CT molecular complexity index is 819. The number of β-lactam (4-membered cyclic amide) rings is 1. The van der Waals surface area contributed by atoms with Crippen molar-refractivity contribution in [2.45, 2.75) is 19.1 Å². The molecule has 1 aliphatic heterocycles. The molecule has 1 saturated heterocycles. The second kappa shape index (κ2) is 7.42. The molecule has 1 heterocycles. The Balaban J connectivity index is 1.54. The highest BCUT2D eigenvalue weighted by Crippen LogP contribution is 2.29. The van der Waals surface area contributed by atoms with Crippen LogP contribution in [-0.4, -0.2) is 35.3 Å². The quantitative estimate of drug-likeness (QED) is 0.758. The number of hydrogen-bond acceptors (Lipinski definition) is 2. The minimum Gasteiger partial charge on any atom is -0.323 e. The summed E-state index contributed by atoms with van der Waals surface area (Å²) in [5.74, 6) is -0.432. The molecule has 0 N–H and O–H groups in total. The Morgan fingerprint density at radius 2 is 1.70 bits per heavy atom. The van der Waals surface area contributed by atoms with Gasteiger partial charge in [0.25, 0.3) is 0 Å². The highest BCUT2D eigenvalue weighted by molar-refractivity contribution is 6.00. The molecule has 0 unspecified atom stereocenters. The van der Waals surface area contributed by atoms with Gasteiger partial charge < -0.3 is 4.90 Å². The van der Waals surface area contributed by atoms with Gasteiger partial charge >= 0.3 is 12.2 Å². The topological polar surface area (TPSA) is 40.6 Å². The lowest BCUT2D eigenvalue weighted by atomic mass is 9.91. The van der Waals surface area contributed by atoms with Gasteiger partial charge in [0.05, 0.1) is 11.5 Å². The van der Waals surface area contributed by atoms with Crippen molar-refractivity contribution < 1.29 is 22.8 Å². The average molecular weight is 376 g/mol. The lowest BCUT2D eigenvalue weighted by molar-refractivity contribution is -0.143. The number of benzene rings is 2. The predicted octanol–water partition coefficient (Wildman–Crippen LogP) is 3.96. The summed E-state index contributed by atoms with van der Waals surface area (Å²) >= 11 is 0. The maximum Gasteiger partial charge on any atom is 0.416 e. The van der Waals surface area contributed by atoms with Crippen molar-refractivity contribution in [3.63, 3.8) is 0 Å². The van der Waals surface area contributed by atoms with Crippen molar-refractivity contribution in [1.29, 1.82) is 0 Å². The zero-order valence-corrected chi connectivity index (χ0v) is 14.7. The van der Waals surface area contributed by atoms with Crippen molar-refractivity contribution in [3.8, 4) is 0 Å². The van der Waals surface area contributed by atoms with E-state index >= 15 is 0 Å². The molecule has 4 nitrogen and oxygen atoms in total. The fourth-order valence-electron chi connectivity index (χ4n) is 3.07. The zero-order valence-electron chi connectivity index (χ0n) is 14.7. The molecule has 3 amide bonds. The lowest BCUT2D eigenvalue weighted by Gasteiger charge is -2.39. The maximum absolute atomic E-state index is 12.6. The van der Waals surface area contributed by atoms with Gasteiger partial charge in [0.15, 0.2) is 0 Å². The van der Waals surface area contributed by atoms with Gasteiger partial charge in [-0.3, -0.25) is 9.69 Å². The van der Waals surface area contributed by atoms with E-state index in [1.165, 1.54) is 29.0 Å². The monoisotopic (exact) mass is 376 g/mol. The predicted molar refractivity (Wildman–Crippen MR) is 93.7 cm³/mol. The molecule has 0 aliphatic carbocycles. The standard InChI is InChI=1S/C20H19F3N2O2/c1-24(12-15-7-9-17(10-8-15)20(21,22)23)19(27)25-13-16(18(25)26)11-14-5-3-2-4-6-14/h2-10,16H,11-13H2,1H3/t16-/m0/s1. The second-order valence-electron chi connectivity index (χ2n) is 6.67. The van der Waals surface area contributed by atoms with Crippen LogP contribution in [0, 0.1) is 5.92 Å². The third-order valence-corrected chi connectivity index (χ3v) is 4.60. The molecule has 2 aromatic rings. The van der Waals surface area contributed by atoms with Crippen LogP contribution in [-0.2, 0) is 23.9 Å². The van der Waals surface area contributed by atoms with E-state index in [1.54, 1.807) is 0 Å². The van der Waals surface area contributed by atoms with Crippen LogP contribution < -0.4 is 0 Å². The molecular weight excluding hydrogens is 357 g/mol. The van der Waals surface area contributed by atoms with Crippen LogP contribution in [0.2, 0.25) is 0 Å². The highest BCUT2D eigenvalue weighted by Gasteiger charge is 2.41. The van der Waals surface area contributed by atoms with Crippen LogP contribution in [0.5, 0.6) is 0 Å². The molecule has 1 fully saturated rings. The Morgan fingerprint density at radius 3 is 2.26 bits per heavy atom. The summed E-state index contributed by atoms with van der Waals surface area (Å²) in [7, 11) is 1.53. The normalized spacial score (nSPS) is 16.8. The molecule has 0 spiro atoms. The van der Waals surface area contributed by atoms with Crippen LogP contribution in [0.3, 0.4) is 0 Å². The molecule has 2 aromatic carbocycles. The molecule has 1 aliphatic rings. The van der Waals surface area contributed by atoms with Gasteiger partial charge in [-0.1, -0.05) is 42.5 Å². The molecule has 0 bridgehead atoms. The van der Waals surface area contributed by atoms with Gasteiger partial charge in [-0.25, -0.2) is 4.79 Å². The van der Waals surface area contributed by atoms with Crippen LogP contribution in [0.25, 0.3) is 0 Å². The number of halogens is 3. The number of amides is 3. The van der Waals surface area contributed by atoms with E-state index in [4.69, 9.17) is 0 Å². The van der Waals surface area contributed by atoms with E-state index in [0.717, 1.165) is 17.7 Å². The maximum atomic E-state index is 12.6. The molecule has 0 radical (unpaired) electrons. The summed E-state index contributed by atoms with van der Waals surface area (Å²) < 4.78 is 37.8. The third kappa shape index (κ3) is 4.30. The number of likely N-dealkylation sites (tertiary alicyclic amines) is 1. The number of rotatable bonds is 4. The highest BCUT2D eigenvalue weighted by atomic mass is 19.4. The van der Waals surface area contributed by atoms with Gasteiger partial charge in [-0.2, -0.15) is 13.2 Å². The summed E-state index contributed by atoms with van der Waals surface area (Å²) in [6.45, 7) is 0.480. The van der Waals surface area contributed by atoms with Crippen molar-refractivity contribution in [3.05, 3.63) is 71.3 Å². The van der Waals surface area contributed by atoms with Crippen LogP contribution >= 0.6 is 0 Å². The first-order valence-electron chi connectivity index (χ1n) is 8.52. The summed E-state index contributed by atoms with van der Waals surface area (Å²) in [5, 5.41) is 0. The number of urea groups is 1. The second-order valence-corrected chi connectivity index (χ2v) is 6.67. The van der Waals surface area contributed by atoms with Crippen LogP contribution in [0.4, 0.5) is 18.0 Å². The number of carbonyl (C=O) groups excluding carboxylic acids is 2. The molecule has 142 valence electrons. The summed E-state index contributed by atoms with van der Waals surface area (Å²) in [5.41, 5.74) is 0.871. The summed E-state index contributed by atoms with van der Waals surface area (Å²) in [6, 6.07) is 13.8. The van der Waals surface area contributed by atoms with Gasteiger partial charge in [-0.05, 0) is 29.7 Å². The molecule has 0 saturated carbocycles. The Kier molecular flexibility index (Phi) is 5.21. The van der Waals surface area contributed by atoms with E-state index < -0.39 is 17.8 Å².